The average Bonchev–Trinajstić information content (AvgIpc) is 3.48. The van der Waals surface area contributed by atoms with Gasteiger partial charge in [-0.25, -0.2) is 9.97 Å². The highest BCUT2D eigenvalue weighted by Crippen LogP contribution is 2.31. The number of benzene rings is 1. The standard InChI is InChI=1S/C23H28ClN5O3S/c1-5-17-20(26-18-12-29(13-19(18)32-6-2)23-25-9-10-33-23)22(30)28(3)21(27-17)15-8-7-14(31-4)11-16(15)24/h7-11,18-19,26H,5-6,12-13H2,1-4H3/t18?,19-/m0/s1. The minimum atomic E-state index is -0.147. The van der Waals surface area contributed by atoms with Crippen LogP contribution in [0.4, 0.5) is 10.8 Å². The molecule has 0 saturated carbocycles. The summed E-state index contributed by atoms with van der Waals surface area (Å²) in [5.41, 5.74) is 1.74. The number of hydrogen-bond donors (Lipinski definition) is 1. The molecule has 2 aromatic heterocycles. The van der Waals surface area contributed by atoms with Gasteiger partial charge in [-0.1, -0.05) is 18.5 Å². The number of nitrogens with one attached hydrogen (secondary N) is 1. The number of aromatic nitrogens is 3. The van der Waals surface area contributed by atoms with Crippen LogP contribution < -0.4 is 20.5 Å². The molecular weight excluding hydrogens is 462 g/mol. The van der Waals surface area contributed by atoms with E-state index in [1.165, 1.54) is 0 Å². The number of ether oxygens (including phenoxy) is 2. The van der Waals surface area contributed by atoms with Crippen molar-refractivity contribution in [2.45, 2.75) is 32.4 Å². The lowest BCUT2D eigenvalue weighted by Crippen LogP contribution is -2.38. The Balaban J connectivity index is 1.68. The number of methoxy groups -OCH3 is 1. The first-order chi connectivity index (χ1) is 16.0. The summed E-state index contributed by atoms with van der Waals surface area (Å²) in [5.74, 6) is 1.17. The van der Waals surface area contributed by atoms with Gasteiger partial charge in [0.15, 0.2) is 5.13 Å². The lowest BCUT2D eigenvalue weighted by atomic mass is 10.1. The van der Waals surface area contributed by atoms with Gasteiger partial charge >= 0.3 is 0 Å². The molecule has 8 nitrogen and oxygen atoms in total. The number of rotatable bonds is 8. The minimum Gasteiger partial charge on any atom is -0.497 e. The van der Waals surface area contributed by atoms with Crippen LogP contribution in [0.25, 0.3) is 11.4 Å². The first kappa shape index (κ1) is 23.5. The van der Waals surface area contributed by atoms with Crippen LogP contribution in [-0.4, -0.2) is 53.5 Å². The van der Waals surface area contributed by atoms with E-state index < -0.39 is 0 Å². The third-order valence-electron chi connectivity index (χ3n) is 5.78. The Labute approximate surface area is 202 Å². The molecule has 1 fully saturated rings. The summed E-state index contributed by atoms with van der Waals surface area (Å²) >= 11 is 8.08. The molecule has 1 unspecified atom stereocenters. The highest BCUT2D eigenvalue weighted by atomic mass is 35.5. The summed E-state index contributed by atoms with van der Waals surface area (Å²) in [6.45, 7) is 5.97. The van der Waals surface area contributed by atoms with Crippen LogP contribution in [0.3, 0.4) is 0 Å². The number of hydrogen-bond acceptors (Lipinski definition) is 8. The van der Waals surface area contributed by atoms with E-state index >= 15 is 0 Å². The van der Waals surface area contributed by atoms with Crippen molar-refractivity contribution in [2.24, 2.45) is 7.05 Å². The second-order valence-corrected chi connectivity index (χ2v) is 9.07. The van der Waals surface area contributed by atoms with Crippen molar-refractivity contribution in [1.29, 1.82) is 0 Å². The molecule has 10 heteroatoms. The van der Waals surface area contributed by atoms with Crippen molar-refractivity contribution in [1.82, 2.24) is 14.5 Å². The predicted molar refractivity (Wildman–Crippen MR) is 133 cm³/mol. The van der Waals surface area contributed by atoms with Crippen molar-refractivity contribution in [2.75, 3.05) is 37.0 Å². The molecule has 176 valence electrons. The number of thiazole rings is 1. The highest BCUT2D eigenvalue weighted by molar-refractivity contribution is 7.13. The van der Waals surface area contributed by atoms with E-state index in [-0.39, 0.29) is 17.7 Å². The second-order valence-electron chi connectivity index (χ2n) is 7.78. The fourth-order valence-electron chi connectivity index (χ4n) is 4.10. The fraction of sp³-hybridized carbons (Fsp3) is 0.435. The van der Waals surface area contributed by atoms with Gasteiger partial charge in [-0.2, -0.15) is 0 Å². The monoisotopic (exact) mass is 489 g/mol. The summed E-state index contributed by atoms with van der Waals surface area (Å²) < 4.78 is 12.8. The van der Waals surface area contributed by atoms with Gasteiger partial charge in [-0.15, -0.1) is 11.3 Å². The Hall–Kier alpha value is -2.62. The molecule has 1 aliphatic rings. The third kappa shape index (κ3) is 4.71. The maximum atomic E-state index is 13.5. The van der Waals surface area contributed by atoms with E-state index in [2.05, 4.69) is 15.2 Å². The molecule has 3 heterocycles. The quantitative estimate of drug-likeness (QED) is 0.515. The smallest absolute Gasteiger partial charge is 0.277 e. The molecule has 1 aromatic carbocycles. The van der Waals surface area contributed by atoms with Crippen LogP contribution >= 0.6 is 22.9 Å². The molecule has 4 rings (SSSR count). The molecule has 0 spiro atoms. The van der Waals surface area contributed by atoms with Crippen LogP contribution in [0, 0.1) is 0 Å². The van der Waals surface area contributed by atoms with Gasteiger partial charge in [0.25, 0.3) is 5.56 Å². The van der Waals surface area contributed by atoms with Crippen LogP contribution in [0.5, 0.6) is 5.75 Å². The molecule has 0 amide bonds. The number of aryl methyl sites for hydroxylation is 1. The van der Waals surface area contributed by atoms with Gasteiger partial charge in [-0.05, 0) is 31.5 Å². The number of anilines is 2. The summed E-state index contributed by atoms with van der Waals surface area (Å²) in [4.78, 5) is 24.9. The maximum Gasteiger partial charge on any atom is 0.277 e. The molecule has 3 aromatic rings. The summed E-state index contributed by atoms with van der Waals surface area (Å²) in [5, 5.41) is 6.86. The van der Waals surface area contributed by atoms with Crippen molar-refractivity contribution < 1.29 is 9.47 Å². The van der Waals surface area contributed by atoms with E-state index in [4.69, 9.17) is 26.1 Å². The Morgan fingerprint density at radius 2 is 2.12 bits per heavy atom. The second kappa shape index (κ2) is 10.1. The lowest BCUT2D eigenvalue weighted by molar-refractivity contribution is 0.0720. The van der Waals surface area contributed by atoms with Crippen molar-refractivity contribution in [3.05, 3.63) is 50.8 Å². The van der Waals surface area contributed by atoms with Gasteiger partial charge in [0.1, 0.15) is 17.3 Å². The molecule has 0 bridgehead atoms. The van der Waals surface area contributed by atoms with Crippen LogP contribution in [-0.2, 0) is 18.2 Å². The third-order valence-corrected chi connectivity index (χ3v) is 6.93. The zero-order valence-electron chi connectivity index (χ0n) is 19.2. The largest absolute Gasteiger partial charge is 0.497 e. The maximum absolute atomic E-state index is 13.5. The lowest BCUT2D eigenvalue weighted by Gasteiger charge is -2.22. The van der Waals surface area contributed by atoms with Gasteiger partial charge in [-0.3, -0.25) is 9.36 Å². The highest BCUT2D eigenvalue weighted by Gasteiger charge is 2.35. The number of nitrogens with zero attached hydrogens (tertiary/aromatic N) is 4. The van der Waals surface area contributed by atoms with Crippen LogP contribution in [0.1, 0.15) is 19.5 Å². The van der Waals surface area contributed by atoms with E-state index in [0.717, 1.165) is 5.13 Å². The Morgan fingerprint density at radius 3 is 2.76 bits per heavy atom. The van der Waals surface area contributed by atoms with Gasteiger partial charge in [0.2, 0.25) is 0 Å². The molecule has 1 N–H and O–H groups in total. The van der Waals surface area contributed by atoms with Gasteiger partial charge in [0, 0.05) is 43.9 Å². The van der Waals surface area contributed by atoms with Gasteiger partial charge in [0.05, 0.1) is 30.0 Å². The van der Waals surface area contributed by atoms with Crippen LogP contribution in [0.2, 0.25) is 5.02 Å². The minimum absolute atomic E-state index is 0.0657. The van der Waals surface area contributed by atoms with Crippen molar-refractivity contribution in [3.63, 3.8) is 0 Å². The molecule has 33 heavy (non-hydrogen) atoms. The zero-order valence-corrected chi connectivity index (χ0v) is 20.7. The Morgan fingerprint density at radius 1 is 1.30 bits per heavy atom. The molecule has 0 radical (unpaired) electrons. The van der Waals surface area contributed by atoms with E-state index in [1.54, 1.807) is 42.3 Å². The zero-order chi connectivity index (χ0) is 23.5. The van der Waals surface area contributed by atoms with Crippen molar-refractivity contribution in [3.8, 4) is 17.1 Å². The molecule has 0 aliphatic carbocycles. The van der Waals surface area contributed by atoms with E-state index in [1.807, 2.05) is 31.4 Å². The molecule has 2 atom stereocenters. The predicted octanol–water partition coefficient (Wildman–Crippen LogP) is 3.83. The van der Waals surface area contributed by atoms with E-state index in [9.17, 15) is 4.79 Å². The number of halogens is 1. The summed E-state index contributed by atoms with van der Waals surface area (Å²) in [7, 11) is 3.30. The Bertz CT molecular complexity index is 1170. The fourth-order valence-corrected chi connectivity index (χ4v) is 5.02. The SMILES string of the molecule is CCO[C@H]1CN(c2nccs2)CC1Nc1c(CC)nc(-c2ccc(OC)cc2Cl)n(C)c1=O. The molecule has 1 aliphatic heterocycles. The van der Waals surface area contributed by atoms with E-state index in [0.29, 0.717) is 59.7 Å². The average molecular weight is 490 g/mol. The molecular formula is C23H28ClN5O3S. The topological polar surface area (TPSA) is 81.5 Å². The van der Waals surface area contributed by atoms with Gasteiger partial charge < -0.3 is 19.7 Å². The normalized spacial score (nSPS) is 18.0. The Kier molecular flexibility index (Phi) is 7.21. The van der Waals surface area contributed by atoms with Crippen molar-refractivity contribution >= 4 is 33.8 Å². The first-order valence-electron chi connectivity index (χ1n) is 10.9. The summed E-state index contributed by atoms with van der Waals surface area (Å²) in [6.07, 6.45) is 2.33. The first-order valence-corrected chi connectivity index (χ1v) is 12.2. The van der Waals surface area contributed by atoms with Crippen LogP contribution in [0.15, 0.2) is 34.6 Å². The summed E-state index contributed by atoms with van der Waals surface area (Å²) in [6, 6.07) is 5.29. The molecule has 1 saturated heterocycles.